The van der Waals surface area contributed by atoms with Crippen LogP contribution in [0.25, 0.3) is 0 Å². The van der Waals surface area contributed by atoms with Gasteiger partial charge < -0.3 is 14.8 Å². The molecule has 1 aliphatic heterocycles. The van der Waals surface area contributed by atoms with Crippen molar-refractivity contribution in [3.05, 3.63) is 23.8 Å². The number of fused-ring (bicyclic) bond motifs is 1. The van der Waals surface area contributed by atoms with E-state index in [1.54, 1.807) is 11.8 Å². The molecule has 21 heavy (non-hydrogen) atoms. The van der Waals surface area contributed by atoms with Crippen molar-refractivity contribution in [2.24, 2.45) is 0 Å². The molecule has 4 nitrogen and oxygen atoms in total. The second-order valence-electron chi connectivity index (χ2n) is 5.62. The Labute approximate surface area is 129 Å². The fourth-order valence-electron chi connectivity index (χ4n) is 2.80. The number of rotatable bonds is 5. The molecule has 1 aromatic rings. The topological polar surface area (TPSA) is 47.6 Å². The van der Waals surface area contributed by atoms with Gasteiger partial charge in [0.15, 0.2) is 11.5 Å². The van der Waals surface area contributed by atoms with Crippen LogP contribution in [-0.4, -0.2) is 23.7 Å². The summed E-state index contributed by atoms with van der Waals surface area (Å²) >= 11 is 1.79. The first-order valence-electron chi connectivity index (χ1n) is 7.53. The SMILES string of the molecule is C[C@@H](NC(=O)CSC1CCCC1)c1ccc2c(c1)OCO2. The minimum atomic E-state index is -0.0174. The van der Waals surface area contributed by atoms with Gasteiger partial charge in [-0.2, -0.15) is 0 Å². The molecule has 1 N–H and O–H groups in total. The van der Waals surface area contributed by atoms with E-state index in [1.165, 1.54) is 25.7 Å². The number of carbonyl (C=O) groups is 1. The average molecular weight is 307 g/mol. The molecule has 1 heterocycles. The van der Waals surface area contributed by atoms with Crippen LogP contribution in [0.2, 0.25) is 0 Å². The molecule has 0 bridgehead atoms. The first-order valence-corrected chi connectivity index (χ1v) is 8.58. The van der Waals surface area contributed by atoms with Crippen LogP contribution in [0.3, 0.4) is 0 Å². The highest BCUT2D eigenvalue weighted by atomic mass is 32.2. The van der Waals surface area contributed by atoms with Crippen molar-refractivity contribution < 1.29 is 14.3 Å². The van der Waals surface area contributed by atoms with Gasteiger partial charge in [-0.05, 0) is 37.5 Å². The molecule has 114 valence electrons. The van der Waals surface area contributed by atoms with Crippen LogP contribution in [0, 0.1) is 0 Å². The predicted molar refractivity (Wildman–Crippen MR) is 83.8 cm³/mol. The van der Waals surface area contributed by atoms with Crippen molar-refractivity contribution in [2.45, 2.75) is 43.9 Å². The van der Waals surface area contributed by atoms with Gasteiger partial charge in [0.2, 0.25) is 12.7 Å². The number of amides is 1. The van der Waals surface area contributed by atoms with Crippen molar-refractivity contribution in [2.75, 3.05) is 12.5 Å². The third-order valence-corrected chi connectivity index (χ3v) is 5.40. The van der Waals surface area contributed by atoms with E-state index in [-0.39, 0.29) is 18.7 Å². The first kappa shape index (κ1) is 14.6. The Morgan fingerprint density at radius 3 is 2.90 bits per heavy atom. The summed E-state index contributed by atoms with van der Waals surface area (Å²) in [7, 11) is 0. The van der Waals surface area contributed by atoms with Gasteiger partial charge in [0.1, 0.15) is 0 Å². The third kappa shape index (κ3) is 3.64. The quantitative estimate of drug-likeness (QED) is 0.907. The molecule has 0 aromatic heterocycles. The second kappa shape index (κ2) is 6.60. The minimum absolute atomic E-state index is 0.0174. The smallest absolute Gasteiger partial charge is 0.231 e. The summed E-state index contributed by atoms with van der Waals surface area (Å²) in [5.41, 5.74) is 1.04. The lowest BCUT2D eigenvalue weighted by atomic mass is 10.1. The van der Waals surface area contributed by atoms with Crippen LogP contribution in [0.4, 0.5) is 0 Å². The second-order valence-corrected chi connectivity index (χ2v) is 6.91. The van der Waals surface area contributed by atoms with Crippen LogP contribution in [0.1, 0.15) is 44.2 Å². The van der Waals surface area contributed by atoms with Crippen LogP contribution in [0.5, 0.6) is 11.5 Å². The van der Waals surface area contributed by atoms with Gasteiger partial charge in [0.05, 0.1) is 11.8 Å². The number of thioether (sulfide) groups is 1. The summed E-state index contributed by atoms with van der Waals surface area (Å²) in [4.78, 5) is 12.0. The molecular formula is C16H21NO3S. The maximum atomic E-state index is 12.0. The van der Waals surface area contributed by atoms with Crippen molar-refractivity contribution >= 4 is 17.7 Å². The molecule has 1 atom stereocenters. The van der Waals surface area contributed by atoms with Crippen molar-refractivity contribution in [1.29, 1.82) is 0 Å². The lowest BCUT2D eigenvalue weighted by molar-refractivity contribution is -0.119. The van der Waals surface area contributed by atoms with Crippen molar-refractivity contribution in [3.63, 3.8) is 0 Å². The number of ether oxygens (including phenoxy) is 2. The molecule has 5 heteroatoms. The molecule has 1 amide bonds. The Bertz CT molecular complexity index is 514. The van der Waals surface area contributed by atoms with E-state index in [1.807, 2.05) is 25.1 Å². The third-order valence-electron chi connectivity index (χ3n) is 4.03. The molecule has 0 saturated heterocycles. The normalized spacial score (nSPS) is 18.7. The maximum absolute atomic E-state index is 12.0. The summed E-state index contributed by atoms with van der Waals surface area (Å²) in [6.07, 6.45) is 5.14. The number of hydrogen-bond acceptors (Lipinski definition) is 4. The van der Waals surface area contributed by atoms with E-state index >= 15 is 0 Å². The van der Waals surface area contributed by atoms with Gasteiger partial charge >= 0.3 is 0 Å². The average Bonchev–Trinajstić information content (AvgIpc) is 3.15. The van der Waals surface area contributed by atoms with Gasteiger partial charge in [-0.1, -0.05) is 18.9 Å². The minimum Gasteiger partial charge on any atom is -0.454 e. The summed E-state index contributed by atoms with van der Waals surface area (Å²) in [5, 5.41) is 3.73. The van der Waals surface area contributed by atoms with Crippen molar-refractivity contribution in [1.82, 2.24) is 5.32 Å². The summed E-state index contributed by atoms with van der Waals surface area (Å²) < 4.78 is 10.7. The van der Waals surface area contributed by atoms with Gasteiger partial charge in [-0.15, -0.1) is 11.8 Å². The highest BCUT2D eigenvalue weighted by Crippen LogP contribution is 2.34. The van der Waals surface area contributed by atoms with Crippen LogP contribution in [-0.2, 0) is 4.79 Å². The predicted octanol–water partition coefficient (Wildman–Crippen LogP) is 3.27. The molecule has 0 unspecified atom stereocenters. The van der Waals surface area contributed by atoms with E-state index < -0.39 is 0 Å². The fourth-order valence-corrected chi connectivity index (χ4v) is 3.93. The van der Waals surface area contributed by atoms with E-state index in [2.05, 4.69) is 5.32 Å². The summed E-state index contributed by atoms with van der Waals surface area (Å²) in [6, 6.07) is 5.80. The van der Waals surface area contributed by atoms with Gasteiger partial charge in [0, 0.05) is 5.25 Å². The van der Waals surface area contributed by atoms with Gasteiger partial charge in [-0.3, -0.25) is 4.79 Å². The molecule has 1 fully saturated rings. The Morgan fingerprint density at radius 1 is 1.33 bits per heavy atom. The van der Waals surface area contributed by atoms with Gasteiger partial charge in [0.25, 0.3) is 0 Å². The number of carbonyl (C=O) groups excluding carboxylic acids is 1. The van der Waals surface area contributed by atoms with E-state index in [0.29, 0.717) is 11.0 Å². The zero-order valence-electron chi connectivity index (χ0n) is 12.3. The van der Waals surface area contributed by atoms with Crippen LogP contribution in [0.15, 0.2) is 18.2 Å². The molecule has 2 aliphatic rings. The summed E-state index contributed by atoms with van der Waals surface area (Å²) in [6.45, 7) is 2.27. The van der Waals surface area contributed by atoms with Crippen molar-refractivity contribution in [3.8, 4) is 11.5 Å². The standard InChI is InChI=1S/C16H21NO3S/c1-11(12-6-7-14-15(8-12)20-10-19-14)17-16(18)9-21-13-4-2-3-5-13/h6-8,11,13H,2-5,9-10H2,1H3,(H,17,18)/t11-/m1/s1. The lowest BCUT2D eigenvalue weighted by Gasteiger charge is -2.15. The van der Waals surface area contributed by atoms with E-state index in [9.17, 15) is 4.79 Å². The number of nitrogens with one attached hydrogen (secondary N) is 1. The Balaban J connectivity index is 1.50. The zero-order valence-corrected chi connectivity index (χ0v) is 13.1. The molecule has 1 aliphatic carbocycles. The van der Waals surface area contributed by atoms with Crippen LogP contribution >= 0.6 is 11.8 Å². The molecule has 1 aromatic carbocycles. The zero-order chi connectivity index (χ0) is 14.7. The molecule has 0 spiro atoms. The van der Waals surface area contributed by atoms with E-state index in [4.69, 9.17) is 9.47 Å². The largest absolute Gasteiger partial charge is 0.454 e. The Morgan fingerprint density at radius 2 is 2.10 bits per heavy atom. The fraction of sp³-hybridized carbons (Fsp3) is 0.562. The lowest BCUT2D eigenvalue weighted by Crippen LogP contribution is -2.28. The Kier molecular flexibility index (Phi) is 4.58. The molecule has 1 saturated carbocycles. The first-order chi connectivity index (χ1) is 10.2. The molecular weight excluding hydrogens is 286 g/mol. The monoisotopic (exact) mass is 307 g/mol. The molecule has 3 rings (SSSR count). The summed E-state index contributed by atoms with van der Waals surface area (Å²) in [5.74, 6) is 2.19. The highest BCUT2D eigenvalue weighted by molar-refractivity contribution is 8.00. The van der Waals surface area contributed by atoms with Gasteiger partial charge in [-0.25, -0.2) is 0 Å². The van der Waals surface area contributed by atoms with E-state index in [0.717, 1.165) is 17.1 Å². The highest BCUT2D eigenvalue weighted by Gasteiger charge is 2.19. The maximum Gasteiger partial charge on any atom is 0.231 e. The number of benzene rings is 1. The number of hydrogen-bond donors (Lipinski definition) is 1. The Hall–Kier alpha value is -1.36. The van der Waals surface area contributed by atoms with Crippen LogP contribution < -0.4 is 14.8 Å². The molecule has 0 radical (unpaired) electrons.